The van der Waals surface area contributed by atoms with Crippen LogP contribution in [0.3, 0.4) is 0 Å². The first kappa shape index (κ1) is 17.6. The molecule has 0 aliphatic carbocycles. The van der Waals surface area contributed by atoms with Crippen molar-refractivity contribution in [2.75, 3.05) is 19.8 Å². The largest absolute Gasteiger partial charge is 0.481 e. The first-order chi connectivity index (χ1) is 9.95. The van der Waals surface area contributed by atoms with Crippen LogP contribution in [0.25, 0.3) is 0 Å². The fraction of sp³-hybridized carbons (Fsp3) is 0.667. The first-order valence-corrected chi connectivity index (χ1v) is 8.25. The molecular weight excluding hydrogens is 298 g/mol. The Balaban J connectivity index is 2.41. The number of rotatable bonds is 11. The van der Waals surface area contributed by atoms with Gasteiger partial charge in [-0.15, -0.1) is 0 Å². The van der Waals surface area contributed by atoms with Crippen LogP contribution in [0.15, 0.2) is 17.3 Å². The van der Waals surface area contributed by atoms with Gasteiger partial charge in [0.1, 0.15) is 4.90 Å². The summed E-state index contributed by atoms with van der Waals surface area (Å²) in [5.41, 5.74) is 0. The van der Waals surface area contributed by atoms with Crippen LogP contribution in [-0.4, -0.2) is 49.0 Å². The number of aromatic nitrogens is 2. The van der Waals surface area contributed by atoms with Crippen LogP contribution < -0.4 is 4.72 Å². The van der Waals surface area contributed by atoms with Crippen molar-refractivity contribution in [2.24, 2.45) is 0 Å². The smallest absolute Gasteiger partial charge is 0.305 e. The van der Waals surface area contributed by atoms with Gasteiger partial charge in [-0.25, -0.2) is 13.1 Å². The number of nitrogens with zero attached hydrogens (tertiary/aromatic N) is 2. The zero-order valence-corrected chi connectivity index (χ0v) is 12.8. The molecule has 0 saturated heterocycles. The van der Waals surface area contributed by atoms with Gasteiger partial charge < -0.3 is 9.84 Å². The molecule has 0 fully saturated rings. The maximum atomic E-state index is 11.9. The van der Waals surface area contributed by atoms with E-state index >= 15 is 0 Å². The van der Waals surface area contributed by atoms with E-state index < -0.39 is 16.0 Å². The summed E-state index contributed by atoms with van der Waals surface area (Å²) in [4.78, 5) is 10.5. The first-order valence-electron chi connectivity index (χ1n) is 6.77. The monoisotopic (exact) mass is 319 g/mol. The van der Waals surface area contributed by atoms with Gasteiger partial charge in [-0.2, -0.15) is 5.10 Å². The number of aliphatic carboxylic acids is 1. The molecule has 120 valence electrons. The molecule has 2 N–H and O–H groups in total. The molecule has 0 aliphatic rings. The second-order valence-corrected chi connectivity index (χ2v) is 6.21. The molecule has 1 aromatic heterocycles. The van der Waals surface area contributed by atoms with Gasteiger partial charge in [-0.1, -0.05) is 13.3 Å². The molecule has 0 saturated carbocycles. The summed E-state index contributed by atoms with van der Waals surface area (Å²) in [6.45, 7) is 3.29. The third kappa shape index (κ3) is 6.69. The summed E-state index contributed by atoms with van der Waals surface area (Å²) in [6, 6.07) is 0. The minimum atomic E-state index is -3.63. The van der Waals surface area contributed by atoms with E-state index in [9.17, 15) is 13.2 Å². The molecule has 1 heterocycles. The zero-order chi connectivity index (χ0) is 15.7. The van der Waals surface area contributed by atoms with E-state index in [1.54, 1.807) is 0 Å². The van der Waals surface area contributed by atoms with E-state index in [-0.39, 0.29) is 24.4 Å². The highest BCUT2D eigenvalue weighted by Gasteiger charge is 2.16. The van der Waals surface area contributed by atoms with Gasteiger partial charge >= 0.3 is 5.97 Å². The minimum Gasteiger partial charge on any atom is -0.481 e. The molecule has 0 amide bonds. The lowest BCUT2D eigenvalue weighted by molar-refractivity contribution is -0.137. The number of aryl methyl sites for hydroxylation is 1. The normalized spacial score (nSPS) is 11.7. The van der Waals surface area contributed by atoms with Gasteiger partial charge in [0.05, 0.1) is 25.8 Å². The van der Waals surface area contributed by atoms with E-state index in [0.29, 0.717) is 13.2 Å². The van der Waals surface area contributed by atoms with Crippen molar-refractivity contribution in [2.45, 2.75) is 37.6 Å². The van der Waals surface area contributed by atoms with Gasteiger partial charge in [0.25, 0.3) is 0 Å². The number of nitrogens with one attached hydrogen (secondary N) is 1. The molecular formula is C12H21N3O5S. The molecule has 0 spiro atoms. The molecule has 21 heavy (non-hydrogen) atoms. The molecule has 0 aromatic carbocycles. The lowest BCUT2D eigenvalue weighted by atomic mass is 10.4. The number of carbonyl (C=O) groups is 1. The Hall–Kier alpha value is -1.45. The highest BCUT2D eigenvalue weighted by molar-refractivity contribution is 7.89. The SMILES string of the molecule is CCCCOCCNS(=O)(=O)c1cnn(CCC(=O)O)c1. The minimum absolute atomic E-state index is 0.0152. The van der Waals surface area contributed by atoms with E-state index in [2.05, 4.69) is 9.82 Å². The van der Waals surface area contributed by atoms with Crippen LogP contribution in [-0.2, 0) is 26.1 Å². The Morgan fingerprint density at radius 3 is 2.90 bits per heavy atom. The number of carboxylic acids is 1. The summed E-state index contributed by atoms with van der Waals surface area (Å²) in [6.07, 6.45) is 4.37. The number of unbranched alkanes of at least 4 members (excludes halogenated alkanes) is 1. The number of sulfonamides is 1. The molecule has 0 radical (unpaired) electrons. The molecule has 9 heteroatoms. The highest BCUT2D eigenvalue weighted by atomic mass is 32.2. The van der Waals surface area contributed by atoms with Crippen LogP contribution in [0.1, 0.15) is 26.2 Å². The third-order valence-corrected chi connectivity index (χ3v) is 4.07. The van der Waals surface area contributed by atoms with Crippen molar-refractivity contribution in [3.8, 4) is 0 Å². The van der Waals surface area contributed by atoms with Crippen LogP contribution in [0, 0.1) is 0 Å². The van der Waals surface area contributed by atoms with Gasteiger partial charge in [0.15, 0.2) is 0 Å². The Morgan fingerprint density at radius 2 is 2.24 bits per heavy atom. The van der Waals surface area contributed by atoms with Gasteiger partial charge in [-0.3, -0.25) is 9.48 Å². The number of ether oxygens (including phenoxy) is 1. The van der Waals surface area contributed by atoms with E-state index in [1.165, 1.54) is 17.1 Å². The Bertz CT molecular complexity index is 541. The van der Waals surface area contributed by atoms with Crippen LogP contribution in [0.2, 0.25) is 0 Å². The molecule has 1 aromatic rings. The lowest BCUT2D eigenvalue weighted by Crippen LogP contribution is -2.27. The maximum Gasteiger partial charge on any atom is 0.305 e. The van der Waals surface area contributed by atoms with Gasteiger partial charge in [-0.05, 0) is 6.42 Å². The van der Waals surface area contributed by atoms with E-state index in [0.717, 1.165) is 12.8 Å². The van der Waals surface area contributed by atoms with Crippen molar-refractivity contribution in [3.05, 3.63) is 12.4 Å². The number of hydrogen-bond acceptors (Lipinski definition) is 5. The summed E-state index contributed by atoms with van der Waals surface area (Å²) in [5, 5.41) is 12.4. The van der Waals surface area contributed by atoms with Crippen molar-refractivity contribution >= 4 is 16.0 Å². The molecule has 0 unspecified atom stereocenters. The molecule has 1 rings (SSSR count). The predicted octanol–water partition coefficient (Wildman–Crippen LogP) is 0.453. The van der Waals surface area contributed by atoms with Gasteiger partial charge in [0.2, 0.25) is 10.0 Å². The second kappa shape index (κ2) is 8.75. The van der Waals surface area contributed by atoms with Crippen LogP contribution >= 0.6 is 0 Å². The van der Waals surface area contributed by atoms with Crippen LogP contribution in [0.5, 0.6) is 0 Å². The molecule has 0 bridgehead atoms. The summed E-state index contributed by atoms with van der Waals surface area (Å²) in [5.74, 6) is -0.961. The number of carboxylic acid groups (broad SMARTS) is 1. The summed E-state index contributed by atoms with van der Waals surface area (Å²) in [7, 11) is -3.63. The predicted molar refractivity (Wildman–Crippen MR) is 75.4 cm³/mol. The fourth-order valence-corrected chi connectivity index (χ4v) is 2.46. The van der Waals surface area contributed by atoms with Gasteiger partial charge in [0, 0.05) is 19.3 Å². The molecule has 8 nitrogen and oxygen atoms in total. The Labute approximate surface area is 124 Å². The van der Waals surface area contributed by atoms with Crippen molar-refractivity contribution in [1.82, 2.24) is 14.5 Å². The maximum absolute atomic E-state index is 11.9. The zero-order valence-electron chi connectivity index (χ0n) is 12.0. The molecule has 0 atom stereocenters. The third-order valence-electron chi connectivity index (χ3n) is 2.66. The Kier molecular flexibility index (Phi) is 7.34. The lowest BCUT2D eigenvalue weighted by Gasteiger charge is -2.05. The quantitative estimate of drug-likeness (QED) is 0.573. The fourth-order valence-electron chi connectivity index (χ4n) is 1.50. The summed E-state index contributed by atoms with van der Waals surface area (Å²) >= 11 is 0. The van der Waals surface area contributed by atoms with E-state index in [4.69, 9.17) is 9.84 Å². The second-order valence-electron chi connectivity index (χ2n) is 4.45. The van der Waals surface area contributed by atoms with Crippen molar-refractivity contribution < 1.29 is 23.1 Å². The molecule has 0 aliphatic heterocycles. The van der Waals surface area contributed by atoms with Crippen molar-refractivity contribution in [3.63, 3.8) is 0 Å². The number of hydrogen-bond donors (Lipinski definition) is 2. The van der Waals surface area contributed by atoms with Crippen molar-refractivity contribution in [1.29, 1.82) is 0 Å². The highest BCUT2D eigenvalue weighted by Crippen LogP contribution is 2.07. The van der Waals surface area contributed by atoms with E-state index in [1.807, 2.05) is 6.92 Å². The topological polar surface area (TPSA) is 111 Å². The average molecular weight is 319 g/mol. The van der Waals surface area contributed by atoms with Crippen LogP contribution in [0.4, 0.5) is 0 Å². The standard InChI is InChI=1S/C12H21N3O5S/c1-2-3-7-20-8-5-14-21(18,19)11-9-13-15(10-11)6-4-12(16)17/h9-10,14H,2-8H2,1H3,(H,16,17). The Morgan fingerprint density at radius 1 is 1.48 bits per heavy atom. The average Bonchev–Trinajstić information content (AvgIpc) is 2.90. The summed E-state index contributed by atoms with van der Waals surface area (Å²) < 4.78 is 32.8.